The number of carbonyl (C=O) groups is 2. The van der Waals surface area contributed by atoms with Gasteiger partial charge < -0.3 is 15.0 Å². The van der Waals surface area contributed by atoms with Crippen molar-refractivity contribution in [2.45, 2.75) is 42.4 Å². The third-order valence-electron chi connectivity index (χ3n) is 5.94. The summed E-state index contributed by atoms with van der Waals surface area (Å²) in [6, 6.07) is 3.26. The molecule has 2 aliphatic heterocycles. The van der Waals surface area contributed by atoms with Crippen molar-refractivity contribution in [3.8, 4) is 0 Å². The number of fused-ring (bicyclic) bond motifs is 1. The highest BCUT2D eigenvalue weighted by Crippen LogP contribution is 2.42. The molecule has 0 bridgehead atoms. The van der Waals surface area contributed by atoms with Gasteiger partial charge in [0.15, 0.2) is 5.16 Å². The summed E-state index contributed by atoms with van der Waals surface area (Å²) in [5.41, 5.74) is -0.688. The summed E-state index contributed by atoms with van der Waals surface area (Å²) in [6.07, 6.45) is -2.54. The highest BCUT2D eigenvalue weighted by molar-refractivity contribution is 8.00. The lowest BCUT2D eigenvalue weighted by Crippen LogP contribution is -2.45. The lowest BCUT2D eigenvalue weighted by Gasteiger charge is -2.31. The predicted octanol–water partition coefficient (Wildman–Crippen LogP) is 2.93. The van der Waals surface area contributed by atoms with Crippen LogP contribution >= 0.6 is 11.8 Å². The van der Waals surface area contributed by atoms with E-state index in [0.717, 1.165) is 30.9 Å². The highest BCUT2D eigenvalue weighted by Gasteiger charge is 2.37. The van der Waals surface area contributed by atoms with Gasteiger partial charge in [0.1, 0.15) is 6.54 Å². The number of carbonyl (C=O) groups excluding carboxylic acids is 2. The van der Waals surface area contributed by atoms with Crippen LogP contribution in [0.3, 0.4) is 0 Å². The van der Waals surface area contributed by atoms with Crippen LogP contribution in [0.25, 0.3) is 0 Å². The maximum absolute atomic E-state index is 13.3. The van der Waals surface area contributed by atoms with Crippen LogP contribution in [-0.2, 0) is 20.5 Å². The van der Waals surface area contributed by atoms with E-state index < -0.39 is 22.9 Å². The molecule has 0 spiro atoms. The second-order valence-corrected chi connectivity index (χ2v) is 9.75. The van der Waals surface area contributed by atoms with Gasteiger partial charge >= 0.3 is 6.18 Å². The molecule has 3 aliphatic rings. The molecule has 1 saturated carbocycles. The number of ether oxygens (including phenoxy) is 1. The molecule has 0 radical (unpaired) electrons. The summed E-state index contributed by atoms with van der Waals surface area (Å²) < 4.78 is 46.8. The van der Waals surface area contributed by atoms with Gasteiger partial charge in [0.05, 0.1) is 35.4 Å². The first-order valence-electron chi connectivity index (χ1n) is 11.0. The molecule has 3 heterocycles. The Balaban J connectivity index is 1.37. The van der Waals surface area contributed by atoms with E-state index in [-0.39, 0.29) is 29.9 Å². The molecule has 1 aliphatic carbocycles. The summed E-state index contributed by atoms with van der Waals surface area (Å²) in [4.78, 5) is 28.8. The molecule has 1 aromatic heterocycles. The van der Waals surface area contributed by atoms with Crippen molar-refractivity contribution in [3.05, 3.63) is 23.8 Å². The Morgan fingerprint density at radius 2 is 1.97 bits per heavy atom. The number of hydrogen-bond donors (Lipinski definition) is 1. The fourth-order valence-corrected chi connectivity index (χ4v) is 5.05. The van der Waals surface area contributed by atoms with Gasteiger partial charge in [-0.3, -0.25) is 19.1 Å². The molecule has 2 fully saturated rings. The van der Waals surface area contributed by atoms with E-state index >= 15 is 0 Å². The van der Waals surface area contributed by atoms with Crippen LogP contribution in [-0.4, -0.2) is 64.7 Å². The smallest absolute Gasteiger partial charge is 0.378 e. The number of amides is 2. The molecular weight excluding hydrogens is 473 g/mol. The zero-order valence-electron chi connectivity index (χ0n) is 18.3. The van der Waals surface area contributed by atoms with Crippen LogP contribution in [0.5, 0.6) is 0 Å². The summed E-state index contributed by atoms with van der Waals surface area (Å²) in [7, 11) is 0. The molecule has 1 atom stereocenters. The number of alkyl halides is 3. The second kappa shape index (κ2) is 8.77. The van der Waals surface area contributed by atoms with Crippen LogP contribution in [0.1, 0.15) is 31.4 Å². The number of thioether (sulfide) groups is 1. The van der Waals surface area contributed by atoms with E-state index in [0.29, 0.717) is 31.5 Å². The minimum atomic E-state index is -4.56. The van der Waals surface area contributed by atoms with Crippen molar-refractivity contribution in [2.24, 2.45) is 0 Å². The minimum absolute atomic E-state index is 0.0348. The average molecular weight is 497 g/mol. The zero-order chi connectivity index (χ0) is 24.0. The molecule has 9 nitrogen and oxygen atoms in total. The minimum Gasteiger partial charge on any atom is -0.378 e. The molecule has 2 aromatic rings. The van der Waals surface area contributed by atoms with Gasteiger partial charge in [-0.05, 0) is 38.0 Å². The van der Waals surface area contributed by atoms with Crippen molar-refractivity contribution in [2.75, 3.05) is 48.0 Å². The van der Waals surface area contributed by atoms with E-state index in [4.69, 9.17) is 4.74 Å². The Labute approximate surface area is 197 Å². The number of morpholine rings is 1. The molecule has 34 heavy (non-hydrogen) atoms. The van der Waals surface area contributed by atoms with Gasteiger partial charge in [-0.1, -0.05) is 11.8 Å². The van der Waals surface area contributed by atoms with Crippen LogP contribution in [0.15, 0.2) is 23.4 Å². The first-order valence-corrected chi connectivity index (χ1v) is 11.9. The fourth-order valence-electron chi connectivity index (χ4n) is 4.07. The van der Waals surface area contributed by atoms with Crippen LogP contribution in [0.4, 0.5) is 30.5 Å². The number of nitrogens with one attached hydrogen (secondary N) is 1. The monoisotopic (exact) mass is 496 g/mol. The Morgan fingerprint density at radius 3 is 2.65 bits per heavy atom. The highest BCUT2D eigenvalue weighted by atomic mass is 32.2. The van der Waals surface area contributed by atoms with E-state index in [2.05, 4.69) is 25.0 Å². The Kier molecular flexibility index (Phi) is 5.92. The summed E-state index contributed by atoms with van der Waals surface area (Å²) in [5.74, 6) is -0.178. The number of rotatable bonds is 5. The van der Waals surface area contributed by atoms with Crippen molar-refractivity contribution in [1.29, 1.82) is 0 Å². The van der Waals surface area contributed by atoms with Gasteiger partial charge in [0, 0.05) is 19.1 Å². The number of anilines is 3. The first kappa shape index (κ1) is 23.0. The van der Waals surface area contributed by atoms with Gasteiger partial charge in [0.2, 0.25) is 17.8 Å². The van der Waals surface area contributed by atoms with Crippen LogP contribution < -0.4 is 15.1 Å². The second-order valence-electron chi connectivity index (χ2n) is 8.45. The average Bonchev–Trinajstić information content (AvgIpc) is 3.57. The number of halogens is 3. The van der Waals surface area contributed by atoms with E-state index in [1.165, 1.54) is 22.7 Å². The molecule has 1 N–H and O–H groups in total. The van der Waals surface area contributed by atoms with Gasteiger partial charge in [-0.2, -0.15) is 13.2 Å². The Hall–Kier alpha value is -2.80. The third kappa shape index (κ3) is 4.45. The maximum Gasteiger partial charge on any atom is 0.416 e. The molecule has 0 unspecified atom stereocenters. The Bertz CT molecular complexity index is 1110. The fraction of sp³-hybridized carbons (Fsp3) is 0.524. The van der Waals surface area contributed by atoms with Gasteiger partial charge in [-0.15, -0.1) is 10.2 Å². The molecule has 13 heteroatoms. The van der Waals surface area contributed by atoms with Crippen molar-refractivity contribution >= 4 is 40.9 Å². The Morgan fingerprint density at radius 1 is 1.24 bits per heavy atom. The van der Waals surface area contributed by atoms with Crippen molar-refractivity contribution in [3.63, 3.8) is 0 Å². The molecule has 5 rings (SSSR count). The molecule has 2 amide bonds. The van der Waals surface area contributed by atoms with E-state index in [1.54, 1.807) is 6.92 Å². The zero-order valence-corrected chi connectivity index (χ0v) is 19.2. The van der Waals surface area contributed by atoms with Crippen LogP contribution in [0.2, 0.25) is 0 Å². The largest absolute Gasteiger partial charge is 0.416 e. The summed E-state index contributed by atoms with van der Waals surface area (Å²) in [5, 5.41) is 11.1. The van der Waals surface area contributed by atoms with E-state index in [9.17, 15) is 22.8 Å². The SMILES string of the molecule is C[C@@H](Sc1nnc(N2CCOCC2)n1C1CC1)C(=O)N1CC(=O)Nc2cc(C(F)(F)F)ccc21. The number of nitrogens with zero attached hydrogens (tertiary/aromatic N) is 5. The molecular formula is C21H23F3N6O3S. The van der Waals surface area contributed by atoms with Gasteiger partial charge in [-0.25, -0.2) is 0 Å². The topological polar surface area (TPSA) is 92.6 Å². The summed E-state index contributed by atoms with van der Waals surface area (Å²) in [6.45, 7) is 4.08. The lowest BCUT2D eigenvalue weighted by atomic mass is 10.1. The summed E-state index contributed by atoms with van der Waals surface area (Å²) >= 11 is 1.24. The molecule has 1 saturated heterocycles. The third-order valence-corrected chi connectivity index (χ3v) is 6.98. The predicted molar refractivity (Wildman–Crippen MR) is 119 cm³/mol. The van der Waals surface area contributed by atoms with Crippen LogP contribution in [0, 0.1) is 0 Å². The molecule has 1 aromatic carbocycles. The number of hydrogen-bond acceptors (Lipinski definition) is 7. The van der Waals surface area contributed by atoms with E-state index in [1.807, 2.05) is 0 Å². The number of aromatic nitrogens is 3. The standard InChI is InChI=1S/C21H23F3N6O3S/c1-12(34-20-27-26-19(30(20)14-3-4-14)28-6-8-33-9-7-28)18(32)29-11-17(31)25-15-10-13(21(22,23)24)2-5-16(15)29/h2,5,10,12,14H,3-4,6-9,11H2,1H3,(H,25,31)/t12-/m1/s1. The quantitative estimate of drug-likeness (QED) is 0.637. The maximum atomic E-state index is 13.3. The molecule has 182 valence electrons. The van der Waals surface area contributed by atoms with Gasteiger partial charge in [0.25, 0.3) is 0 Å². The number of benzene rings is 1. The normalized spacial score (nSPS) is 19.6. The first-order chi connectivity index (χ1) is 16.2. The van der Waals surface area contributed by atoms with Crippen molar-refractivity contribution in [1.82, 2.24) is 14.8 Å². The van der Waals surface area contributed by atoms with Crippen molar-refractivity contribution < 1.29 is 27.5 Å². The lowest BCUT2D eigenvalue weighted by molar-refractivity contribution is -0.137.